The molecule has 2 bridgehead atoms. The molecule has 2 aromatic rings. The van der Waals surface area contributed by atoms with Crippen LogP contribution in [0.5, 0.6) is 11.5 Å². The van der Waals surface area contributed by atoms with Gasteiger partial charge in [0.15, 0.2) is 11.5 Å². The molecule has 12 heteroatoms. The van der Waals surface area contributed by atoms with E-state index in [4.69, 9.17) is 4.74 Å². The monoisotopic (exact) mass is 439 g/mol. The van der Waals surface area contributed by atoms with Gasteiger partial charge in [0.05, 0.1) is 5.56 Å². The number of anilines is 1. The summed E-state index contributed by atoms with van der Waals surface area (Å²) in [6.45, 7) is 0.796. The topological polar surface area (TPSA) is 58.5 Å². The van der Waals surface area contributed by atoms with Gasteiger partial charge in [-0.25, -0.2) is 0 Å². The maximum atomic E-state index is 12.8. The van der Waals surface area contributed by atoms with Crippen molar-refractivity contribution >= 4 is 16.5 Å². The summed E-state index contributed by atoms with van der Waals surface area (Å²) in [5.41, 5.74) is -0.975. The Morgan fingerprint density at radius 2 is 1.66 bits per heavy atom. The molecule has 29 heavy (non-hydrogen) atoms. The van der Waals surface area contributed by atoms with Crippen molar-refractivity contribution in [2.45, 2.75) is 31.3 Å². The van der Waals surface area contributed by atoms with Crippen molar-refractivity contribution in [2.24, 2.45) is 11.8 Å². The van der Waals surface area contributed by atoms with Crippen LogP contribution in [0.4, 0.5) is 31.5 Å². The lowest BCUT2D eigenvalue weighted by Crippen LogP contribution is -2.47. The van der Waals surface area contributed by atoms with Crippen LogP contribution in [0.3, 0.4) is 0 Å². The van der Waals surface area contributed by atoms with Crippen LogP contribution in [0.1, 0.15) is 23.4 Å². The number of phenols is 1. The zero-order chi connectivity index (χ0) is 21.0. The molecule has 1 N–H and O–H groups in total. The van der Waals surface area contributed by atoms with E-state index in [9.17, 15) is 31.4 Å². The predicted molar refractivity (Wildman–Crippen MR) is 90.9 cm³/mol. The number of nitrogens with zero attached hydrogens (tertiary/aromatic N) is 3. The first-order chi connectivity index (χ1) is 13.5. The highest BCUT2D eigenvalue weighted by molar-refractivity contribution is 7.15. The number of hydrogen-bond acceptors (Lipinski definition) is 6. The molecule has 2 aliphatic rings. The molecule has 2 fully saturated rings. The quantitative estimate of drug-likeness (QED) is 0.710. The van der Waals surface area contributed by atoms with E-state index in [1.165, 1.54) is 0 Å². The summed E-state index contributed by atoms with van der Waals surface area (Å²) in [6.07, 6.45) is -7.94. The third-order valence-corrected chi connectivity index (χ3v) is 6.25. The van der Waals surface area contributed by atoms with Crippen molar-refractivity contribution in [1.29, 1.82) is 0 Å². The fourth-order valence-electron chi connectivity index (χ4n) is 3.92. The molecular formula is C17H15F6N3O2S. The zero-order valence-electron chi connectivity index (χ0n) is 14.7. The number of hydrogen-bond donors (Lipinski definition) is 1. The lowest BCUT2D eigenvalue weighted by Gasteiger charge is -2.37. The summed E-state index contributed by atoms with van der Waals surface area (Å²) < 4.78 is 82.3. The molecule has 2 unspecified atom stereocenters. The number of halogens is 6. The second-order valence-electron chi connectivity index (χ2n) is 7.15. The van der Waals surface area contributed by atoms with Gasteiger partial charge < -0.3 is 14.7 Å². The van der Waals surface area contributed by atoms with Gasteiger partial charge in [-0.05, 0) is 31.0 Å². The Bertz CT molecular complexity index is 886. The van der Waals surface area contributed by atoms with E-state index in [2.05, 4.69) is 10.2 Å². The summed E-state index contributed by atoms with van der Waals surface area (Å²) in [6, 6.07) is 2.54. The largest absolute Gasteiger partial charge is 0.504 e. The molecule has 0 amide bonds. The normalized spacial score (nSPS) is 24.8. The number of rotatable bonds is 3. The van der Waals surface area contributed by atoms with Crippen molar-refractivity contribution in [3.63, 3.8) is 0 Å². The van der Waals surface area contributed by atoms with Crippen LogP contribution >= 0.6 is 11.3 Å². The molecule has 1 saturated carbocycles. The van der Waals surface area contributed by atoms with Crippen LogP contribution in [0.2, 0.25) is 0 Å². The molecule has 1 aliphatic heterocycles. The number of benzene rings is 1. The Morgan fingerprint density at radius 1 is 1.00 bits per heavy atom. The second-order valence-corrected chi connectivity index (χ2v) is 8.11. The van der Waals surface area contributed by atoms with Crippen LogP contribution in [-0.4, -0.2) is 34.5 Å². The smallest absolute Gasteiger partial charge is 0.445 e. The number of ether oxygens (including phenoxy) is 1. The predicted octanol–water partition coefficient (Wildman–Crippen LogP) is 4.58. The highest BCUT2D eigenvalue weighted by Crippen LogP contribution is 2.44. The number of aromatic hydroxyl groups is 1. The Morgan fingerprint density at radius 3 is 2.17 bits per heavy atom. The Balaban J connectivity index is 1.47. The molecule has 1 aromatic carbocycles. The first-order valence-corrected chi connectivity index (χ1v) is 9.56. The van der Waals surface area contributed by atoms with Gasteiger partial charge in [-0.2, -0.15) is 26.3 Å². The van der Waals surface area contributed by atoms with Gasteiger partial charge >= 0.3 is 12.4 Å². The molecule has 4 rings (SSSR count). The van der Waals surface area contributed by atoms with Crippen LogP contribution in [-0.2, 0) is 12.4 Å². The fraction of sp³-hybridized carbons (Fsp3) is 0.529. The minimum atomic E-state index is -4.57. The maximum Gasteiger partial charge on any atom is 0.445 e. The first-order valence-electron chi connectivity index (χ1n) is 8.75. The maximum absolute atomic E-state index is 12.8. The van der Waals surface area contributed by atoms with Gasteiger partial charge in [0.1, 0.15) is 6.10 Å². The van der Waals surface area contributed by atoms with Crippen molar-refractivity contribution in [3.05, 3.63) is 28.8 Å². The number of alkyl halides is 6. The molecule has 1 aromatic heterocycles. The van der Waals surface area contributed by atoms with E-state index in [0.29, 0.717) is 30.5 Å². The van der Waals surface area contributed by atoms with Gasteiger partial charge in [-0.3, -0.25) is 0 Å². The second kappa shape index (κ2) is 6.92. The lowest BCUT2D eigenvalue weighted by atomic mass is 9.95. The molecule has 0 spiro atoms. The third-order valence-electron chi connectivity index (χ3n) is 5.22. The average molecular weight is 439 g/mol. The molecule has 2 heterocycles. The third kappa shape index (κ3) is 3.94. The van der Waals surface area contributed by atoms with E-state index in [0.717, 1.165) is 25.0 Å². The molecule has 2 atom stereocenters. The average Bonchev–Trinajstić information content (AvgIpc) is 3.19. The van der Waals surface area contributed by atoms with Crippen LogP contribution < -0.4 is 9.64 Å². The number of fused-ring (bicyclic) bond motifs is 2. The number of piperidine rings is 1. The molecular weight excluding hydrogens is 424 g/mol. The Kier molecular flexibility index (Phi) is 4.79. The number of aromatic nitrogens is 2. The number of phenolic OH excluding ortho intramolecular Hbond substituents is 1. The highest BCUT2D eigenvalue weighted by Gasteiger charge is 2.45. The lowest BCUT2D eigenvalue weighted by molar-refractivity contribution is -0.138. The summed E-state index contributed by atoms with van der Waals surface area (Å²) in [5, 5.41) is 16.0. The van der Waals surface area contributed by atoms with E-state index < -0.39 is 28.7 Å². The summed E-state index contributed by atoms with van der Waals surface area (Å²) in [7, 11) is 0. The summed E-state index contributed by atoms with van der Waals surface area (Å²) in [4.78, 5) is 1.74. The van der Waals surface area contributed by atoms with E-state index in [1.54, 1.807) is 4.90 Å². The zero-order valence-corrected chi connectivity index (χ0v) is 15.5. The van der Waals surface area contributed by atoms with E-state index in [1.807, 2.05) is 0 Å². The molecule has 158 valence electrons. The Labute approximate surface area is 164 Å². The molecule has 0 radical (unpaired) electrons. The fourth-order valence-corrected chi connectivity index (χ4v) is 4.65. The summed E-state index contributed by atoms with van der Waals surface area (Å²) >= 11 is 0.481. The standard InChI is InChI=1S/C17H15F6N3O2S/c18-16(19,20)10-3-4-12(11(27)5-10)28-13-8-1-2-9(13)7-26(6-8)15-25-24-14(29-15)17(21,22)23/h3-5,8-9,13,27H,1-2,6-7H2. The van der Waals surface area contributed by atoms with E-state index in [-0.39, 0.29) is 28.8 Å². The molecule has 1 aliphatic carbocycles. The van der Waals surface area contributed by atoms with Gasteiger partial charge in [0.25, 0.3) is 0 Å². The van der Waals surface area contributed by atoms with Gasteiger partial charge in [-0.15, -0.1) is 10.2 Å². The van der Waals surface area contributed by atoms with Crippen LogP contribution in [0.15, 0.2) is 18.2 Å². The van der Waals surface area contributed by atoms with Crippen molar-refractivity contribution in [3.8, 4) is 11.5 Å². The van der Waals surface area contributed by atoms with Crippen LogP contribution in [0, 0.1) is 11.8 Å². The van der Waals surface area contributed by atoms with Crippen molar-refractivity contribution in [1.82, 2.24) is 10.2 Å². The summed E-state index contributed by atoms with van der Waals surface area (Å²) in [5.74, 6) is -0.730. The molecule has 1 saturated heterocycles. The first kappa shape index (κ1) is 20.0. The van der Waals surface area contributed by atoms with Gasteiger partial charge in [0.2, 0.25) is 10.1 Å². The Hall–Kier alpha value is -2.24. The van der Waals surface area contributed by atoms with Crippen LogP contribution in [0.25, 0.3) is 0 Å². The van der Waals surface area contributed by atoms with E-state index >= 15 is 0 Å². The minimum Gasteiger partial charge on any atom is -0.504 e. The van der Waals surface area contributed by atoms with Crippen molar-refractivity contribution < 1.29 is 36.2 Å². The minimum absolute atomic E-state index is 0.0383. The van der Waals surface area contributed by atoms with Crippen molar-refractivity contribution in [2.75, 3.05) is 18.0 Å². The molecule has 5 nitrogen and oxygen atoms in total. The highest BCUT2D eigenvalue weighted by atomic mass is 32.1. The van der Waals surface area contributed by atoms with Gasteiger partial charge in [0, 0.05) is 24.9 Å². The van der Waals surface area contributed by atoms with Gasteiger partial charge in [-0.1, -0.05) is 11.3 Å². The SMILES string of the molecule is Oc1cc(C(F)(F)F)ccc1OC1C2CCC1CN(c1nnc(C(F)(F)F)s1)C2.